The first kappa shape index (κ1) is 12.8. The molecule has 1 aromatic rings. The highest BCUT2D eigenvalue weighted by Crippen LogP contribution is 2.28. The molecule has 0 saturated heterocycles. The third-order valence-corrected chi connectivity index (χ3v) is 3.15. The number of alkyl halides is 2. The van der Waals surface area contributed by atoms with Gasteiger partial charge in [0.25, 0.3) is 6.43 Å². The van der Waals surface area contributed by atoms with Crippen molar-refractivity contribution >= 4 is 44.5 Å². The Morgan fingerprint density at radius 2 is 2.27 bits per heavy atom. The number of pyridine rings is 1. The summed E-state index contributed by atoms with van der Waals surface area (Å²) in [6, 6.07) is 1.24. The normalized spacial score (nSPS) is 10.7. The molecule has 0 radical (unpaired) electrons. The van der Waals surface area contributed by atoms with E-state index in [-0.39, 0.29) is 22.3 Å². The summed E-state index contributed by atoms with van der Waals surface area (Å²) < 4.78 is 25.2. The topological polar surface area (TPSA) is 50.2 Å². The second-order valence-electron chi connectivity index (χ2n) is 2.67. The van der Waals surface area contributed by atoms with Crippen molar-refractivity contribution < 1.29 is 18.7 Å². The van der Waals surface area contributed by atoms with E-state index >= 15 is 0 Å². The zero-order valence-corrected chi connectivity index (χ0v) is 10.9. The maximum atomic E-state index is 12.4. The fourth-order valence-corrected chi connectivity index (χ4v) is 2.08. The van der Waals surface area contributed by atoms with E-state index in [4.69, 9.17) is 5.11 Å². The summed E-state index contributed by atoms with van der Waals surface area (Å²) in [5.41, 5.74) is 0.0490. The summed E-state index contributed by atoms with van der Waals surface area (Å²) in [5.74, 6) is -1.04. The number of nitrogens with zero attached hydrogens (tertiary/aromatic N) is 1. The zero-order chi connectivity index (χ0) is 11.6. The monoisotopic (exact) mass is 391 g/mol. The summed E-state index contributed by atoms with van der Waals surface area (Å²) in [5, 5.41) is 8.55. The summed E-state index contributed by atoms with van der Waals surface area (Å²) in [6.45, 7) is 0. The molecule has 0 aromatic carbocycles. The van der Waals surface area contributed by atoms with Gasteiger partial charge in [0, 0.05) is 3.57 Å². The molecule has 0 bridgehead atoms. The first-order valence-corrected chi connectivity index (χ1v) is 5.63. The van der Waals surface area contributed by atoms with E-state index in [1.807, 2.05) is 0 Å². The lowest BCUT2D eigenvalue weighted by atomic mass is 10.2. The Hall–Kier alpha value is -0.310. The fraction of sp³-hybridized carbons (Fsp3) is 0.250. The van der Waals surface area contributed by atoms with Crippen LogP contribution in [0, 0.1) is 3.57 Å². The minimum absolute atomic E-state index is 0.00540. The molecule has 1 rings (SSSR count). The molecule has 0 amide bonds. The lowest BCUT2D eigenvalue weighted by Crippen LogP contribution is -2.06. The minimum Gasteiger partial charge on any atom is -0.481 e. The highest BCUT2D eigenvalue weighted by atomic mass is 127. The fourth-order valence-electron chi connectivity index (χ4n) is 0.936. The summed E-state index contributed by atoms with van der Waals surface area (Å²) in [4.78, 5) is 14.2. The lowest BCUT2D eigenvalue weighted by molar-refractivity contribution is -0.136. The Labute approximate surface area is 106 Å². The van der Waals surface area contributed by atoms with Gasteiger partial charge in [0.2, 0.25) is 0 Å². The van der Waals surface area contributed by atoms with Crippen molar-refractivity contribution in [2.24, 2.45) is 0 Å². The second-order valence-corrected chi connectivity index (χ2v) is 4.58. The smallest absolute Gasteiger partial charge is 0.309 e. The van der Waals surface area contributed by atoms with Gasteiger partial charge in [-0.15, -0.1) is 0 Å². The SMILES string of the molecule is O=C(O)Cc1nc(Br)c(C(F)F)cc1I. The highest BCUT2D eigenvalue weighted by molar-refractivity contribution is 14.1. The number of rotatable bonds is 3. The van der Waals surface area contributed by atoms with Crippen molar-refractivity contribution in [3.63, 3.8) is 0 Å². The number of carboxylic acid groups (broad SMARTS) is 1. The summed E-state index contributed by atoms with van der Waals surface area (Å²) in [7, 11) is 0. The molecule has 1 heterocycles. The predicted molar refractivity (Wildman–Crippen MR) is 61.0 cm³/mol. The molecule has 1 aromatic heterocycles. The third-order valence-electron chi connectivity index (χ3n) is 1.58. The van der Waals surface area contributed by atoms with E-state index in [2.05, 4.69) is 20.9 Å². The van der Waals surface area contributed by atoms with Crippen LogP contribution < -0.4 is 0 Å². The maximum Gasteiger partial charge on any atom is 0.309 e. The Morgan fingerprint density at radius 3 is 2.73 bits per heavy atom. The molecule has 0 aliphatic heterocycles. The van der Waals surface area contributed by atoms with E-state index in [1.165, 1.54) is 6.07 Å². The van der Waals surface area contributed by atoms with Crippen LogP contribution in [0.3, 0.4) is 0 Å². The summed E-state index contributed by atoms with van der Waals surface area (Å²) >= 11 is 4.67. The summed E-state index contributed by atoms with van der Waals surface area (Å²) in [6.07, 6.45) is -2.90. The number of halogens is 4. The van der Waals surface area contributed by atoms with Gasteiger partial charge in [-0.1, -0.05) is 0 Å². The molecular formula is C8H5BrF2INO2. The van der Waals surface area contributed by atoms with Gasteiger partial charge in [0.05, 0.1) is 17.7 Å². The molecule has 0 atom stereocenters. The van der Waals surface area contributed by atoms with Crippen molar-refractivity contribution in [2.75, 3.05) is 0 Å². The maximum absolute atomic E-state index is 12.4. The van der Waals surface area contributed by atoms with Gasteiger partial charge in [-0.3, -0.25) is 4.79 Å². The van der Waals surface area contributed by atoms with Gasteiger partial charge in [-0.25, -0.2) is 13.8 Å². The van der Waals surface area contributed by atoms with Gasteiger partial charge < -0.3 is 5.11 Å². The van der Waals surface area contributed by atoms with Gasteiger partial charge in [0.1, 0.15) is 4.60 Å². The van der Waals surface area contributed by atoms with E-state index in [0.29, 0.717) is 3.57 Å². The molecule has 0 aliphatic rings. The average Bonchev–Trinajstić information content (AvgIpc) is 2.09. The molecule has 0 unspecified atom stereocenters. The van der Waals surface area contributed by atoms with Crippen LogP contribution in [0.2, 0.25) is 0 Å². The standard InChI is InChI=1S/C8H5BrF2INO2/c9-7-3(8(10)11)1-4(12)5(13-7)2-6(14)15/h1,8H,2H2,(H,14,15). The van der Waals surface area contributed by atoms with Crippen molar-refractivity contribution in [1.29, 1.82) is 0 Å². The molecule has 1 N–H and O–H groups in total. The van der Waals surface area contributed by atoms with Gasteiger partial charge >= 0.3 is 5.97 Å². The Kier molecular flexibility index (Phi) is 4.38. The number of carbonyl (C=O) groups is 1. The highest BCUT2D eigenvalue weighted by Gasteiger charge is 2.17. The van der Waals surface area contributed by atoms with Crippen LogP contribution in [-0.2, 0) is 11.2 Å². The van der Waals surface area contributed by atoms with Crippen LogP contribution >= 0.6 is 38.5 Å². The Balaban J connectivity index is 3.13. The number of aromatic nitrogens is 1. The molecular weight excluding hydrogens is 387 g/mol. The van der Waals surface area contributed by atoms with Crippen molar-refractivity contribution in [3.8, 4) is 0 Å². The zero-order valence-electron chi connectivity index (χ0n) is 7.18. The van der Waals surface area contributed by atoms with Crippen LogP contribution in [0.5, 0.6) is 0 Å². The van der Waals surface area contributed by atoms with Crippen LogP contribution in [-0.4, -0.2) is 16.1 Å². The molecule has 15 heavy (non-hydrogen) atoms. The van der Waals surface area contributed by atoms with Gasteiger partial charge in [0.15, 0.2) is 0 Å². The molecule has 3 nitrogen and oxygen atoms in total. The molecule has 7 heteroatoms. The first-order valence-electron chi connectivity index (χ1n) is 3.76. The minimum atomic E-state index is -2.63. The van der Waals surface area contributed by atoms with E-state index in [0.717, 1.165) is 0 Å². The van der Waals surface area contributed by atoms with Crippen molar-refractivity contribution in [3.05, 3.63) is 25.5 Å². The van der Waals surface area contributed by atoms with Crippen LogP contribution in [0.25, 0.3) is 0 Å². The number of carboxylic acids is 1. The lowest BCUT2D eigenvalue weighted by Gasteiger charge is -2.06. The van der Waals surface area contributed by atoms with Gasteiger partial charge in [-0.05, 0) is 44.6 Å². The molecule has 0 aliphatic carbocycles. The second kappa shape index (κ2) is 5.15. The van der Waals surface area contributed by atoms with Crippen LogP contribution in [0.1, 0.15) is 17.7 Å². The van der Waals surface area contributed by atoms with Crippen molar-refractivity contribution in [1.82, 2.24) is 4.98 Å². The first-order chi connectivity index (χ1) is 6.91. The quantitative estimate of drug-likeness (QED) is 0.636. The molecule has 0 fully saturated rings. The van der Waals surface area contributed by atoms with E-state index < -0.39 is 12.4 Å². The van der Waals surface area contributed by atoms with Gasteiger partial charge in [-0.2, -0.15) is 0 Å². The molecule has 0 saturated carbocycles. The Morgan fingerprint density at radius 1 is 1.67 bits per heavy atom. The van der Waals surface area contributed by atoms with E-state index in [1.54, 1.807) is 22.6 Å². The van der Waals surface area contributed by atoms with Crippen molar-refractivity contribution in [2.45, 2.75) is 12.8 Å². The number of aliphatic carboxylic acids is 1. The Bertz CT molecular complexity index is 400. The van der Waals surface area contributed by atoms with Crippen LogP contribution in [0.4, 0.5) is 8.78 Å². The number of hydrogen-bond acceptors (Lipinski definition) is 2. The van der Waals surface area contributed by atoms with E-state index in [9.17, 15) is 13.6 Å². The van der Waals surface area contributed by atoms with Crippen LogP contribution in [0.15, 0.2) is 10.7 Å². The third kappa shape index (κ3) is 3.33. The largest absolute Gasteiger partial charge is 0.481 e. The predicted octanol–water partition coefficient (Wildman–Crippen LogP) is 3.01. The number of hydrogen-bond donors (Lipinski definition) is 1. The molecule has 82 valence electrons. The molecule has 0 spiro atoms. The average molecular weight is 392 g/mol.